The molecule has 3 saturated heterocycles. The molecule has 0 saturated carbocycles. The van der Waals surface area contributed by atoms with Gasteiger partial charge in [0, 0.05) is 43.4 Å². The van der Waals surface area contributed by atoms with E-state index < -0.39 is 22.9 Å². The highest BCUT2D eigenvalue weighted by Crippen LogP contribution is 2.44. The van der Waals surface area contributed by atoms with Crippen molar-refractivity contribution in [1.29, 1.82) is 0 Å². The fourth-order valence-corrected chi connectivity index (χ4v) is 6.98. The number of halogens is 3. The Bertz CT molecular complexity index is 1340. The normalized spacial score (nSPS) is 21.8. The van der Waals surface area contributed by atoms with E-state index in [0.717, 1.165) is 12.5 Å². The summed E-state index contributed by atoms with van der Waals surface area (Å²) in [7, 11) is 0. The molecule has 198 valence electrons. The van der Waals surface area contributed by atoms with Gasteiger partial charge in [0.15, 0.2) is 22.0 Å². The van der Waals surface area contributed by atoms with Crippen molar-refractivity contribution in [2.45, 2.75) is 30.8 Å². The molecule has 2 aromatic heterocycles. The maximum absolute atomic E-state index is 14.1. The first-order valence-electron chi connectivity index (χ1n) is 12.2. The second-order valence-electron chi connectivity index (χ2n) is 9.92. The van der Waals surface area contributed by atoms with E-state index in [4.69, 9.17) is 15.6 Å². The molecule has 3 aliphatic heterocycles. The molecule has 3 N–H and O–H groups in total. The number of nitrogen functional groups attached to an aromatic ring is 1. The van der Waals surface area contributed by atoms with Gasteiger partial charge in [-0.05, 0) is 30.2 Å². The number of fused-ring (bicyclic) bond motifs is 1. The first kappa shape index (κ1) is 24.6. The van der Waals surface area contributed by atoms with E-state index in [-0.39, 0.29) is 16.9 Å². The minimum Gasteiger partial charge on any atom is -0.616 e. The fraction of sp³-hybridized carbons (Fsp3) is 0.500. The van der Waals surface area contributed by atoms with Gasteiger partial charge < -0.3 is 25.2 Å². The lowest BCUT2D eigenvalue weighted by molar-refractivity contribution is -0.138. The van der Waals surface area contributed by atoms with Gasteiger partial charge in [0.05, 0.1) is 43.2 Å². The number of imidazole rings is 1. The zero-order valence-electron chi connectivity index (χ0n) is 20.3. The number of aryl methyl sites for hydroxylation is 1. The number of nitrogens with two attached hydrogens (primary N) is 1. The largest absolute Gasteiger partial charge is 0.616 e. The lowest BCUT2D eigenvalue weighted by Gasteiger charge is -2.55. The lowest BCUT2D eigenvalue weighted by atomic mass is 9.93. The third-order valence-corrected chi connectivity index (χ3v) is 9.48. The van der Waals surface area contributed by atoms with Crippen LogP contribution in [-0.4, -0.2) is 73.9 Å². The van der Waals surface area contributed by atoms with Gasteiger partial charge in [-0.2, -0.15) is 17.7 Å². The van der Waals surface area contributed by atoms with Crippen LogP contribution in [0.2, 0.25) is 0 Å². The minimum absolute atomic E-state index is 0.0986. The molecule has 1 atom stereocenters. The Kier molecular flexibility index (Phi) is 5.93. The van der Waals surface area contributed by atoms with Gasteiger partial charge >= 0.3 is 6.18 Å². The number of aromatic nitrogens is 3. The van der Waals surface area contributed by atoms with E-state index in [1.54, 1.807) is 23.6 Å². The number of rotatable bonds is 5. The molecular weight excluding hydrogens is 507 g/mol. The molecule has 3 aliphatic rings. The van der Waals surface area contributed by atoms with E-state index in [9.17, 15) is 17.7 Å². The summed E-state index contributed by atoms with van der Waals surface area (Å²) < 4.78 is 61.1. The summed E-state index contributed by atoms with van der Waals surface area (Å²) in [5.74, 6) is 1.78. The van der Waals surface area contributed by atoms with Gasteiger partial charge in [0.25, 0.3) is 0 Å². The van der Waals surface area contributed by atoms with Crippen LogP contribution in [0.25, 0.3) is 5.65 Å². The molecule has 3 aromatic rings. The van der Waals surface area contributed by atoms with Crippen molar-refractivity contribution in [3.63, 3.8) is 0 Å². The van der Waals surface area contributed by atoms with Crippen LogP contribution in [0.4, 0.5) is 36.2 Å². The second kappa shape index (κ2) is 8.93. The number of nitrogens with one attached hydrogen (secondary N) is 1. The SMILES string of the molecule is Cc1nc2c(N)cc(N3CCOCC3)nn2c1Nc1cccc(C(F)(F)F)c1CN1CC2(CC[S+]2[O-])C1. The number of morpholine rings is 1. The van der Waals surface area contributed by atoms with Crippen LogP contribution in [-0.2, 0) is 28.6 Å². The highest BCUT2D eigenvalue weighted by atomic mass is 32.2. The molecule has 37 heavy (non-hydrogen) atoms. The summed E-state index contributed by atoms with van der Waals surface area (Å²) in [5, 5.41) is 7.92. The Morgan fingerprint density at radius 2 is 2.00 bits per heavy atom. The highest BCUT2D eigenvalue weighted by molar-refractivity contribution is 7.94. The average Bonchev–Trinajstić information content (AvgIpc) is 3.16. The molecule has 3 fully saturated rings. The Morgan fingerprint density at radius 3 is 2.65 bits per heavy atom. The third-order valence-electron chi connectivity index (χ3n) is 7.47. The molecule has 9 nitrogen and oxygen atoms in total. The number of nitrogens with zero attached hydrogens (tertiary/aromatic N) is 5. The van der Waals surface area contributed by atoms with Crippen molar-refractivity contribution < 1.29 is 22.5 Å². The van der Waals surface area contributed by atoms with Crippen molar-refractivity contribution in [2.75, 3.05) is 61.1 Å². The topological polar surface area (TPSA) is 107 Å². The van der Waals surface area contributed by atoms with Gasteiger partial charge in [-0.25, -0.2) is 4.98 Å². The van der Waals surface area contributed by atoms with Crippen molar-refractivity contribution in [3.05, 3.63) is 41.1 Å². The van der Waals surface area contributed by atoms with Crippen LogP contribution in [0.1, 0.15) is 23.2 Å². The second-order valence-corrected chi connectivity index (χ2v) is 11.9. The Balaban J connectivity index is 1.36. The Labute approximate surface area is 214 Å². The van der Waals surface area contributed by atoms with Crippen molar-refractivity contribution in [1.82, 2.24) is 19.5 Å². The molecule has 0 amide bonds. The average molecular weight is 536 g/mol. The summed E-state index contributed by atoms with van der Waals surface area (Å²) in [6, 6.07) is 5.89. The zero-order valence-corrected chi connectivity index (χ0v) is 21.2. The molecule has 5 heterocycles. The van der Waals surface area contributed by atoms with Crippen LogP contribution >= 0.6 is 0 Å². The van der Waals surface area contributed by atoms with Crippen molar-refractivity contribution in [3.8, 4) is 0 Å². The maximum atomic E-state index is 14.1. The van der Waals surface area contributed by atoms with E-state index in [1.165, 1.54) is 6.07 Å². The monoisotopic (exact) mass is 535 g/mol. The van der Waals surface area contributed by atoms with Gasteiger partial charge in [-0.1, -0.05) is 6.07 Å². The Morgan fingerprint density at radius 1 is 1.24 bits per heavy atom. The first-order chi connectivity index (χ1) is 17.6. The van der Waals surface area contributed by atoms with Crippen LogP contribution in [0.3, 0.4) is 0 Å². The van der Waals surface area contributed by atoms with Gasteiger partial charge in [-0.15, -0.1) is 5.10 Å². The number of hydrogen-bond acceptors (Lipinski definition) is 8. The zero-order chi connectivity index (χ0) is 25.9. The standard InChI is InChI=1S/C24H28F3N7O2S/c1-15-21(34-22(29-15)18(28)11-20(31-34)33-6-8-36-9-7-33)30-19-4-2-3-17(24(25,26)27)16(19)12-32-13-23(14-32)5-10-37(23)35/h2-4,11,30H,5-10,12-14,28H2,1H3. The van der Waals surface area contributed by atoms with E-state index in [2.05, 4.69) is 15.2 Å². The maximum Gasteiger partial charge on any atom is 0.416 e. The number of hydrogen-bond donors (Lipinski definition) is 2. The number of alkyl halides is 3. The summed E-state index contributed by atoms with van der Waals surface area (Å²) >= 11 is -0.890. The lowest BCUT2D eigenvalue weighted by Crippen LogP contribution is -2.71. The molecule has 0 radical (unpaired) electrons. The van der Waals surface area contributed by atoms with E-state index >= 15 is 0 Å². The number of ether oxygens (including phenoxy) is 1. The highest BCUT2D eigenvalue weighted by Gasteiger charge is 2.59. The molecule has 0 bridgehead atoms. The smallest absolute Gasteiger partial charge is 0.416 e. The fourth-order valence-electron chi connectivity index (χ4n) is 5.38. The molecule has 0 aliphatic carbocycles. The third kappa shape index (κ3) is 4.27. The van der Waals surface area contributed by atoms with Crippen LogP contribution in [0, 0.1) is 6.92 Å². The summed E-state index contributed by atoms with van der Waals surface area (Å²) in [6.07, 6.45) is -3.66. The number of anilines is 4. The first-order valence-corrected chi connectivity index (χ1v) is 13.5. The summed E-state index contributed by atoms with van der Waals surface area (Å²) in [6.45, 7) is 5.42. The van der Waals surface area contributed by atoms with E-state index in [1.807, 2.05) is 4.90 Å². The van der Waals surface area contributed by atoms with Crippen LogP contribution in [0.5, 0.6) is 0 Å². The summed E-state index contributed by atoms with van der Waals surface area (Å²) in [5.41, 5.74) is 7.51. The number of benzene rings is 1. The molecular formula is C24H28F3N7O2S. The molecule has 1 unspecified atom stereocenters. The quantitative estimate of drug-likeness (QED) is 0.481. The predicted molar refractivity (Wildman–Crippen MR) is 136 cm³/mol. The van der Waals surface area contributed by atoms with Gasteiger partial charge in [0.1, 0.15) is 5.75 Å². The van der Waals surface area contributed by atoms with Crippen molar-refractivity contribution in [2.24, 2.45) is 0 Å². The van der Waals surface area contributed by atoms with Gasteiger partial charge in [0.2, 0.25) is 0 Å². The molecule has 13 heteroatoms. The van der Waals surface area contributed by atoms with E-state index in [0.29, 0.717) is 79.5 Å². The molecule has 1 spiro atoms. The van der Waals surface area contributed by atoms with Crippen molar-refractivity contribution >= 4 is 39.8 Å². The minimum atomic E-state index is -4.52. The summed E-state index contributed by atoms with van der Waals surface area (Å²) in [4.78, 5) is 8.52. The predicted octanol–water partition coefficient (Wildman–Crippen LogP) is 2.93. The van der Waals surface area contributed by atoms with Gasteiger partial charge in [-0.3, -0.25) is 4.90 Å². The van der Waals surface area contributed by atoms with Crippen LogP contribution in [0.15, 0.2) is 24.3 Å². The molecule has 6 rings (SSSR count). The molecule has 1 aromatic carbocycles. The number of likely N-dealkylation sites (tertiary alicyclic amines) is 1. The van der Waals surface area contributed by atoms with Crippen LogP contribution < -0.4 is 16.0 Å². The Hall–Kier alpha value is -2.74.